The Morgan fingerprint density at radius 3 is 2.73 bits per heavy atom. The molecule has 1 aliphatic rings. The van der Waals surface area contributed by atoms with E-state index in [9.17, 15) is 13.5 Å². The molecule has 1 aromatic heterocycles. The molecule has 122 valence electrons. The molecule has 2 unspecified atom stereocenters. The van der Waals surface area contributed by atoms with Crippen molar-refractivity contribution in [2.75, 3.05) is 18.1 Å². The molecule has 2 rings (SSSR count). The van der Waals surface area contributed by atoms with Crippen LogP contribution in [0.1, 0.15) is 26.0 Å². The maximum absolute atomic E-state index is 11.8. The summed E-state index contributed by atoms with van der Waals surface area (Å²) < 4.78 is 28.8. The van der Waals surface area contributed by atoms with Crippen LogP contribution in [0.3, 0.4) is 0 Å². The first-order valence-corrected chi connectivity index (χ1v) is 9.11. The monoisotopic (exact) mass is 326 g/mol. The topological polar surface area (TPSA) is 94.5 Å². The molecule has 0 aliphatic carbocycles. The van der Waals surface area contributed by atoms with E-state index in [1.807, 2.05) is 24.8 Å². The summed E-state index contributed by atoms with van der Waals surface area (Å²) in [4.78, 5) is 1.91. The molecule has 7 heteroatoms. The molecule has 1 aliphatic heterocycles. The number of hydrogen-bond acceptors (Lipinski definition) is 6. The predicted molar refractivity (Wildman–Crippen MR) is 81.6 cm³/mol. The van der Waals surface area contributed by atoms with E-state index >= 15 is 0 Å². The molecule has 1 aromatic rings. The Morgan fingerprint density at radius 1 is 1.50 bits per heavy atom. The van der Waals surface area contributed by atoms with Crippen molar-refractivity contribution in [3.05, 3.63) is 24.2 Å². The zero-order valence-electron chi connectivity index (χ0n) is 12.9. The summed E-state index contributed by atoms with van der Waals surface area (Å²) in [7, 11) is -3.22. The van der Waals surface area contributed by atoms with Gasteiger partial charge in [0.05, 0.1) is 47.9 Å². The van der Waals surface area contributed by atoms with E-state index in [-0.39, 0.29) is 11.5 Å². The molecule has 22 heavy (non-hydrogen) atoms. The van der Waals surface area contributed by atoms with Crippen LogP contribution in [0.4, 0.5) is 0 Å². The van der Waals surface area contributed by atoms with Gasteiger partial charge in [0, 0.05) is 6.54 Å². The second-order valence-corrected chi connectivity index (χ2v) is 8.66. The van der Waals surface area contributed by atoms with Gasteiger partial charge in [-0.05, 0) is 32.4 Å². The molecule has 0 saturated carbocycles. The van der Waals surface area contributed by atoms with E-state index in [2.05, 4.69) is 6.07 Å². The number of sulfone groups is 1. The van der Waals surface area contributed by atoms with Crippen LogP contribution in [-0.2, 0) is 16.4 Å². The fourth-order valence-corrected chi connectivity index (χ4v) is 4.44. The van der Waals surface area contributed by atoms with Crippen molar-refractivity contribution >= 4 is 9.84 Å². The summed E-state index contributed by atoms with van der Waals surface area (Å²) in [5, 5.41) is 19.2. The van der Waals surface area contributed by atoms with Crippen LogP contribution >= 0.6 is 0 Å². The van der Waals surface area contributed by atoms with Crippen molar-refractivity contribution in [2.45, 2.75) is 39.0 Å². The van der Waals surface area contributed by atoms with Crippen LogP contribution in [0.25, 0.3) is 0 Å². The Morgan fingerprint density at radius 2 is 2.23 bits per heavy atom. The first kappa shape index (κ1) is 17.0. The summed E-state index contributed by atoms with van der Waals surface area (Å²) in [6, 6.07) is 5.38. The van der Waals surface area contributed by atoms with Crippen molar-refractivity contribution < 1.29 is 17.9 Å². The molecule has 0 radical (unpaired) electrons. The lowest BCUT2D eigenvalue weighted by molar-refractivity contribution is 0.0680. The first-order chi connectivity index (χ1) is 10.2. The zero-order chi connectivity index (χ0) is 16.4. The van der Waals surface area contributed by atoms with Gasteiger partial charge in [-0.25, -0.2) is 8.42 Å². The first-order valence-electron chi connectivity index (χ1n) is 7.29. The molecule has 1 fully saturated rings. The molecule has 0 aromatic carbocycles. The SMILES string of the molecule is CC(C)(C#N)CCN(Cc1ccco1)C1CS(=O)(=O)CC1O. The second-order valence-electron chi connectivity index (χ2n) is 6.51. The van der Waals surface area contributed by atoms with Gasteiger partial charge >= 0.3 is 0 Å². The van der Waals surface area contributed by atoms with Gasteiger partial charge < -0.3 is 9.52 Å². The highest BCUT2D eigenvalue weighted by Gasteiger charge is 2.40. The third kappa shape index (κ3) is 4.32. The van der Waals surface area contributed by atoms with E-state index in [1.54, 1.807) is 12.3 Å². The van der Waals surface area contributed by atoms with Crippen LogP contribution in [-0.4, -0.2) is 48.6 Å². The van der Waals surface area contributed by atoms with Crippen molar-refractivity contribution in [1.82, 2.24) is 4.90 Å². The van der Waals surface area contributed by atoms with Gasteiger partial charge in [-0.15, -0.1) is 0 Å². The summed E-state index contributed by atoms with van der Waals surface area (Å²) in [5.74, 6) is 0.460. The molecule has 2 heterocycles. The molecule has 0 amide bonds. The zero-order valence-corrected chi connectivity index (χ0v) is 13.7. The standard InChI is InChI=1S/C15H22N2O4S/c1-15(2,11-16)5-6-17(8-12-4-3-7-21-12)13-9-22(19,20)10-14(13)18/h3-4,7,13-14,18H,5-6,8-10H2,1-2H3. The van der Waals surface area contributed by atoms with Gasteiger partial charge in [0.1, 0.15) is 5.76 Å². The number of furan rings is 1. The maximum Gasteiger partial charge on any atom is 0.154 e. The number of aliphatic hydroxyl groups is 1. The Bertz CT molecular complexity index is 631. The second kappa shape index (κ2) is 6.41. The maximum atomic E-state index is 11.8. The molecular weight excluding hydrogens is 304 g/mol. The molecule has 0 bridgehead atoms. The fraction of sp³-hybridized carbons (Fsp3) is 0.667. The van der Waals surface area contributed by atoms with E-state index in [4.69, 9.17) is 9.68 Å². The van der Waals surface area contributed by atoms with Crippen molar-refractivity contribution in [1.29, 1.82) is 5.26 Å². The number of nitriles is 1. The van der Waals surface area contributed by atoms with Gasteiger partial charge in [-0.2, -0.15) is 5.26 Å². The highest BCUT2D eigenvalue weighted by Crippen LogP contribution is 2.25. The lowest BCUT2D eigenvalue weighted by Crippen LogP contribution is -2.44. The highest BCUT2D eigenvalue weighted by atomic mass is 32.2. The summed E-state index contributed by atoms with van der Waals surface area (Å²) in [5.41, 5.74) is -0.496. The summed E-state index contributed by atoms with van der Waals surface area (Å²) >= 11 is 0. The Hall–Kier alpha value is -1.36. The van der Waals surface area contributed by atoms with Gasteiger partial charge in [-0.1, -0.05) is 0 Å². The third-order valence-corrected chi connectivity index (χ3v) is 5.73. The van der Waals surface area contributed by atoms with E-state index < -0.39 is 27.4 Å². The third-order valence-electron chi connectivity index (χ3n) is 4.03. The number of hydrogen-bond donors (Lipinski definition) is 1. The van der Waals surface area contributed by atoms with E-state index in [0.29, 0.717) is 25.3 Å². The Balaban J connectivity index is 2.13. The lowest BCUT2D eigenvalue weighted by atomic mass is 9.91. The molecule has 6 nitrogen and oxygen atoms in total. The molecule has 1 N–H and O–H groups in total. The van der Waals surface area contributed by atoms with E-state index in [0.717, 1.165) is 0 Å². The minimum atomic E-state index is -3.22. The molecule has 2 atom stereocenters. The van der Waals surface area contributed by atoms with Gasteiger partial charge in [0.2, 0.25) is 0 Å². The van der Waals surface area contributed by atoms with Crippen molar-refractivity contribution in [3.8, 4) is 6.07 Å². The van der Waals surface area contributed by atoms with Crippen LogP contribution < -0.4 is 0 Å². The highest BCUT2D eigenvalue weighted by molar-refractivity contribution is 7.91. The van der Waals surface area contributed by atoms with Gasteiger partial charge in [0.15, 0.2) is 9.84 Å². The van der Waals surface area contributed by atoms with Crippen LogP contribution in [0.5, 0.6) is 0 Å². The quantitative estimate of drug-likeness (QED) is 0.843. The van der Waals surface area contributed by atoms with Crippen molar-refractivity contribution in [3.63, 3.8) is 0 Å². The molecule has 1 saturated heterocycles. The van der Waals surface area contributed by atoms with Gasteiger partial charge in [-0.3, -0.25) is 4.90 Å². The summed E-state index contributed by atoms with van der Waals surface area (Å²) in [6.45, 7) is 4.64. The van der Waals surface area contributed by atoms with Crippen LogP contribution in [0, 0.1) is 16.7 Å². The number of aliphatic hydroxyl groups excluding tert-OH is 1. The van der Waals surface area contributed by atoms with Crippen molar-refractivity contribution in [2.24, 2.45) is 5.41 Å². The lowest BCUT2D eigenvalue weighted by Gasteiger charge is -2.31. The smallest absolute Gasteiger partial charge is 0.154 e. The van der Waals surface area contributed by atoms with E-state index in [1.165, 1.54) is 0 Å². The normalized spacial score (nSPS) is 24.5. The average Bonchev–Trinajstić information content (AvgIpc) is 3.02. The summed E-state index contributed by atoms with van der Waals surface area (Å²) in [6.07, 6.45) is 1.26. The Kier molecular flexibility index (Phi) is 4.95. The number of rotatable bonds is 6. The average molecular weight is 326 g/mol. The van der Waals surface area contributed by atoms with Crippen LogP contribution in [0.2, 0.25) is 0 Å². The van der Waals surface area contributed by atoms with Gasteiger partial charge in [0.25, 0.3) is 0 Å². The Labute approximate surface area is 131 Å². The fourth-order valence-electron chi connectivity index (χ4n) is 2.60. The largest absolute Gasteiger partial charge is 0.468 e. The minimum Gasteiger partial charge on any atom is -0.468 e. The molecular formula is C15H22N2O4S. The number of nitrogens with zero attached hydrogens (tertiary/aromatic N) is 2. The minimum absolute atomic E-state index is 0.0537. The van der Waals surface area contributed by atoms with Crippen LogP contribution in [0.15, 0.2) is 22.8 Å². The molecule has 0 spiro atoms. The predicted octanol–water partition coefficient (Wildman–Crippen LogP) is 1.18.